The van der Waals surface area contributed by atoms with Gasteiger partial charge >= 0.3 is 0 Å². The van der Waals surface area contributed by atoms with Crippen molar-refractivity contribution in [1.29, 1.82) is 0 Å². The largest absolute Gasteiger partial charge is 0.268 e. The second-order valence-electron chi connectivity index (χ2n) is 5.47. The molecule has 4 rings (SSSR count). The van der Waals surface area contributed by atoms with Crippen molar-refractivity contribution in [2.45, 2.75) is 18.8 Å². The van der Waals surface area contributed by atoms with Crippen LogP contribution in [0.25, 0.3) is 0 Å². The molecule has 0 atom stereocenters. The highest BCUT2D eigenvalue weighted by Gasteiger charge is 2.37. The lowest BCUT2D eigenvalue weighted by Crippen LogP contribution is -2.29. The lowest BCUT2D eigenvalue weighted by atomic mass is 10.1. The minimum absolute atomic E-state index is 0.222. The van der Waals surface area contributed by atoms with Gasteiger partial charge in [-0.2, -0.15) is 0 Å². The van der Waals surface area contributed by atoms with E-state index in [-0.39, 0.29) is 23.5 Å². The van der Waals surface area contributed by atoms with Gasteiger partial charge in [0.15, 0.2) is 0 Å². The zero-order valence-corrected chi connectivity index (χ0v) is 11.2. The number of carbonyl (C=O) groups is 2. The molecule has 1 aliphatic carbocycles. The summed E-state index contributed by atoms with van der Waals surface area (Å²) in [7, 11) is 0. The molecule has 1 aliphatic heterocycles. The molecule has 0 unspecified atom stereocenters. The van der Waals surface area contributed by atoms with Gasteiger partial charge in [0.05, 0.1) is 16.8 Å². The van der Waals surface area contributed by atoms with Gasteiger partial charge in [-0.3, -0.25) is 9.59 Å². The maximum absolute atomic E-state index is 13.8. The van der Waals surface area contributed by atoms with Crippen molar-refractivity contribution in [3.8, 4) is 0 Å². The Kier molecular flexibility index (Phi) is 2.48. The van der Waals surface area contributed by atoms with Crippen LogP contribution in [0, 0.1) is 5.82 Å². The van der Waals surface area contributed by atoms with Crippen molar-refractivity contribution in [2.24, 2.45) is 0 Å². The van der Waals surface area contributed by atoms with Crippen LogP contribution in [0.4, 0.5) is 10.1 Å². The topological polar surface area (TPSA) is 37.4 Å². The summed E-state index contributed by atoms with van der Waals surface area (Å²) in [5.41, 5.74) is 1.85. The van der Waals surface area contributed by atoms with E-state index in [0.29, 0.717) is 22.4 Å². The van der Waals surface area contributed by atoms with Crippen molar-refractivity contribution >= 4 is 17.5 Å². The van der Waals surface area contributed by atoms with Crippen LogP contribution in [0.1, 0.15) is 45.0 Å². The van der Waals surface area contributed by atoms with Gasteiger partial charge in [-0.1, -0.05) is 12.1 Å². The molecule has 3 nitrogen and oxygen atoms in total. The average molecular weight is 281 g/mol. The Morgan fingerprint density at radius 1 is 0.952 bits per heavy atom. The fourth-order valence-corrected chi connectivity index (χ4v) is 2.80. The predicted molar refractivity (Wildman–Crippen MR) is 76.0 cm³/mol. The van der Waals surface area contributed by atoms with Crippen LogP contribution < -0.4 is 4.90 Å². The first-order chi connectivity index (χ1) is 10.2. The van der Waals surface area contributed by atoms with E-state index >= 15 is 0 Å². The van der Waals surface area contributed by atoms with Crippen LogP contribution in [0.2, 0.25) is 0 Å². The third kappa shape index (κ3) is 1.79. The predicted octanol–water partition coefficient (Wildman–Crippen LogP) is 3.50. The zero-order chi connectivity index (χ0) is 14.6. The van der Waals surface area contributed by atoms with Crippen LogP contribution in [-0.4, -0.2) is 11.8 Å². The minimum atomic E-state index is -0.344. The van der Waals surface area contributed by atoms with Crippen molar-refractivity contribution in [3.05, 3.63) is 65.0 Å². The Labute approximate surface area is 121 Å². The molecule has 0 aromatic heterocycles. The number of nitrogens with zero attached hydrogens (tertiary/aromatic N) is 1. The Morgan fingerprint density at radius 3 is 2.14 bits per heavy atom. The fraction of sp³-hybridized carbons (Fsp3) is 0.176. The van der Waals surface area contributed by atoms with Crippen molar-refractivity contribution in [3.63, 3.8) is 0 Å². The van der Waals surface area contributed by atoms with Crippen LogP contribution >= 0.6 is 0 Å². The van der Waals surface area contributed by atoms with Gasteiger partial charge in [0, 0.05) is 0 Å². The van der Waals surface area contributed by atoms with Crippen LogP contribution in [0.15, 0.2) is 42.5 Å². The van der Waals surface area contributed by atoms with Crippen LogP contribution in [0.5, 0.6) is 0 Å². The smallest absolute Gasteiger partial charge is 0.266 e. The summed E-state index contributed by atoms with van der Waals surface area (Å²) in [5.74, 6) is -0.731. The molecule has 104 valence electrons. The molecule has 0 N–H and O–H groups in total. The molecule has 2 aromatic rings. The van der Waals surface area contributed by atoms with Gasteiger partial charge in [-0.15, -0.1) is 0 Å². The number of carbonyl (C=O) groups excluding carboxylic acids is 2. The highest BCUT2D eigenvalue weighted by atomic mass is 19.1. The number of fused-ring (bicyclic) bond motifs is 1. The number of rotatable bonds is 2. The van der Waals surface area contributed by atoms with Crippen molar-refractivity contribution in [2.75, 3.05) is 4.90 Å². The molecule has 0 spiro atoms. The number of benzene rings is 2. The van der Waals surface area contributed by atoms with E-state index < -0.39 is 0 Å². The summed E-state index contributed by atoms with van der Waals surface area (Å²) in [6, 6.07) is 11.2. The van der Waals surface area contributed by atoms with E-state index in [1.807, 2.05) is 0 Å². The number of imide groups is 1. The lowest BCUT2D eigenvalue weighted by molar-refractivity contribution is 0.0926. The van der Waals surface area contributed by atoms with Gasteiger partial charge in [0.1, 0.15) is 5.82 Å². The quantitative estimate of drug-likeness (QED) is 0.790. The molecule has 1 heterocycles. The van der Waals surface area contributed by atoms with E-state index in [9.17, 15) is 14.0 Å². The molecular formula is C17H12FNO2. The number of halogens is 1. The molecule has 0 saturated heterocycles. The van der Waals surface area contributed by atoms with Gasteiger partial charge < -0.3 is 0 Å². The molecule has 21 heavy (non-hydrogen) atoms. The Hall–Kier alpha value is -2.49. The standard InChI is InChI=1S/C17H12FNO2/c18-15-8-7-11(9-14(15)10-5-6-10)19-16(20)12-3-1-2-4-13(12)17(19)21/h1-4,7-10H,5-6H2. The molecular weight excluding hydrogens is 269 g/mol. The SMILES string of the molecule is O=C1c2ccccc2C(=O)N1c1ccc(F)c(C2CC2)c1. The number of amides is 2. The Morgan fingerprint density at radius 2 is 1.57 bits per heavy atom. The summed E-state index contributed by atoms with van der Waals surface area (Å²) in [4.78, 5) is 25.9. The minimum Gasteiger partial charge on any atom is -0.268 e. The molecule has 1 saturated carbocycles. The highest BCUT2D eigenvalue weighted by Crippen LogP contribution is 2.43. The maximum Gasteiger partial charge on any atom is 0.266 e. The third-order valence-corrected chi connectivity index (χ3v) is 4.05. The summed E-state index contributed by atoms with van der Waals surface area (Å²) in [6.45, 7) is 0. The summed E-state index contributed by atoms with van der Waals surface area (Å²) >= 11 is 0. The van der Waals surface area contributed by atoms with Gasteiger partial charge in [0.25, 0.3) is 11.8 Å². The fourth-order valence-electron chi connectivity index (χ4n) is 2.80. The van der Waals surface area contributed by atoms with Gasteiger partial charge in [-0.05, 0) is 54.7 Å². The molecule has 0 radical (unpaired) electrons. The second-order valence-corrected chi connectivity index (χ2v) is 5.47. The van der Waals surface area contributed by atoms with E-state index in [2.05, 4.69) is 0 Å². The Balaban J connectivity index is 1.80. The van der Waals surface area contributed by atoms with Gasteiger partial charge in [-0.25, -0.2) is 9.29 Å². The normalized spacial score (nSPS) is 17.3. The number of hydrogen-bond donors (Lipinski definition) is 0. The molecule has 1 fully saturated rings. The molecule has 2 aromatic carbocycles. The van der Waals surface area contributed by atoms with Gasteiger partial charge in [0.2, 0.25) is 0 Å². The first kappa shape index (κ1) is 12.3. The molecule has 2 aliphatic rings. The maximum atomic E-state index is 13.8. The van der Waals surface area contributed by atoms with Crippen molar-refractivity contribution in [1.82, 2.24) is 0 Å². The van der Waals surface area contributed by atoms with E-state index in [0.717, 1.165) is 17.7 Å². The number of anilines is 1. The summed E-state index contributed by atoms with van der Waals surface area (Å²) < 4.78 is 13.8. The van der Waals surface area contributed by atoms with E-state index in [4.69, 9.17) is 0 Å². The van der Waals surface area contributed by atoms with Crippen LogP contribution in [0.3, 0.4) is 0 Å². The second kappa shape index (κ2) is 4.25. The monoisotopic (exact) mass is 281 g/mol. The third-order valence-electron chi connectivity index (χ3n) is 4.05. The average Bonchev–Trinajstić information content (AvgIpc) is 3.30. The number of hydrogen-bond acceptors (Lipinski definition) is 2. The molecule has 4 heteroatoms. The van der Waals surface area contributed by atoms with Crippen molar-refractivity contribution < 1.29 is 14.0 Å². The van der Waals surface area contributed by atoms with E-state index in [1.54, 1.807) is 30.3 Å². The molecule has 2 amide bonds. The summed E-state index contributed by atoms with van der Waals surface area (Å²) in [5, 5.41) is 0. The zero-order valence-electron chi connectivity index (χ0n) is 11.2. The first-order valence-electron chi connectivity index (χ1n) is 6.94. The Bertz CT molecular complexity index is 745. The summed E-state index contributed by atoms with van der Waals surface area (Å²) in [6.07, 6.45) is 1.92. The van der Waals surface area contributed by atoms with Crippen LogP contribution in [-0.2, 0) is 0 Å². The highest BCUT2D eigenvalue weighted by molar-refractivity contribution is 6.34. The lowest BCUT2D eigenvalue weighted by Gasteiger charge is -2.15. The molecule has 0 bridgehead atoms. The van der Waals surface area contributed by atoms with E-state index in [1.165, 1.54) is 12.1 Å². The first-order valence-corrected chi connectivity index (χ1v) is 6.94.